The zero-order valence-corrected chi connectivity index (χ0v) is 17.0. The van der Waals surface area contributed by atoms with Crippen LogP contribution in [0.2, 0.25) is 0 Å². The third-order valence-electron chi connectivity index (χ3n) is 5.23. The van der Waals surface area contributed by atoms with Crippen molar-refractivity contribution in [1.29, 1.82) is 0 Å². The lowest BCUT2D eigenvalue weighted by Gasteiger charge is -2.14. The Morgan fingerprint density at radius 2 is 1.90 bits per heavy atom. The van der Waals surface area contributed by atoms with Crippen LogP contribution in [0.3, 0.4) is 0 Å². The molecular formula is C25H19N3O3. The van der Waals surface area contributed by atoms with Gasteiger partial charge < -0.3 is 14.5 Å². The molecule has 0 aliphatic carbocycles. The fraction of sp³-hybridized carbons (Fsp3) is 0.0800. The van der Waals surface area contributed by atoms with Gasteiger partial charge in [0.25, 0.3) is 5.91 Å². The summed E-state index contributed by atoms with van der Waals surface area (Å²) in [6, 6.07) is 20.9. The van der Waals surface area contributed by atoms with E-state index < -0.39 is 0 Å². The molecule has 0 spiro atoms. The first-order chi connectivity index (χ1) is 15.1. The SMILES string of the molecule is COc1c(C(=O)Nc2cc(-c3nc4cccnc4o3)ccc2C)ccc2ccccc12. The molecule has 2 heterocycles. The van der Waals surface area contributed by atoms with Crippen LogP contribution in [0.4, 0.5) is 5.69 Å². The number of hydrogen-bond donors (Lipinski definition) is 1. The minimum absolute atomic E-state index is 0.248. The standard InChI is InChI=1S/C25H19N3O3/c1-15-9-10-17(24-28-20-8-5-13-26-25(20)31-24)14-21(15)27-23(29)19-12-11-16-6-3-4-7-18(16)22(19)30-2/h3-14H,1-2H3,(H,27,29). The largest absolute Gasteiger partial charge is 0.495 e. The van der Waals surface area contributed by atoms with Crippen LogP contribution in [0.1, 0.15) is 15.9 Å². The monoisotopic (exact) mass is 409 g/mol. The Morgan fingerprint density at radius 3 is 2.74 bits per heavy atom. The van der Waals surface area contributed by atoms with Crippen molar-refractivity contribution in [1.82, 2.24) is 9.97 Å². The van der Waals surface area contributed by atoms with Crippen LogP contribution in [0.5, 0.6) is 5.75 Å². The number of hydrogen-bond acceptors (Lipinski definition) is 5. The molecule has 5 rings (SSSR count). The number of carbonyl (C=O) groups is 1. The highest BCUT2D eigenvalue weighted by molar-refractivity contribution is 6.10. The molecule has 1 amide bonds. The number of rotatable bonds is 4. The molecule has 0 aliphatic rings. The summed E-state index contributed by atoms with van der Waals surface area (Å²) in [7, 11) is 1.58. The number of ether oxygens (including phenoxy) is 1. The van der Waals surface area contributed by atoms with Gasteiger partial charge in [0.05, 0.1) is 12.7 Å². The van der Waals surface area contributed by atoms with E-state index in [4.69, 9.17) is 9.15 Å². The molecule has 0 fully saturated rings. The van der Waals surface area contributed by atoms with Crippen molar-refractivity contribution in [3.05, 3.63) is 84.1 Å². The predicted molar refractivity (Wildman–Crippen MR) is 120 cm³/mol. The van der Waals surface area contributed by atoms with E-state index in [1.54, 1.807) is 19.4 Å². The van der Waals surface area contributed by atoms with E-state index in [-0.39, 0.29) is 5.91 Å². The smallest absolute Gasteiger partial charge is 0.259 e. The number of nitrogens with zero attached hydrogens (tertiary/aromatic N) is 2. The molecule has 0 atom stereocenters. The van der Waals surface area contributed by atoms with E-state index in [2.05, 4.69) is 15.3 Å². The van der Waals surface area contributed by atoms with Crippen molar-refractivity contribution in [2.45, 2.75) is 6.92 Å². The molecule has 0 aliphatic heterocycles. The molecule has 6 heteroatoms. The van der Waals surface area contributed by atoms with Gasteiger partial charge in [-0.3, -0.25) is 4.79 Å². The maximum absolute atomic E-state index is 13.1. The van der Waals surface area contributed by atoms with Gasteiger partial charge in [0.2, 0.25) is 11.6 Å². The van der Waals surface area contributed by atoms with Crippen LogP contribution < -0.4 is 10.1 Å². The van der Waals surface area contributed by atoms with E-state index >= 15 is 0 Å². The number of aromatic nitrogens is 2. The number of carbonyl (C=O) groups excluding carboxylic acids is 1. The number of pyridine rings is 1. The highest BCUT2D eigenvalue weighted by Crippen LogP contribution is 2.32. The minimum Gasteiger partial charge on any atom is -0.495 e. The number of oxazole rings is 1. The second-order valence-corrected chi connectivity index (χ2v) is 7.20. The number of benzene rings is 3. The predicted octanol–water partition coefficient (Wildman–Crippen LogP) is 5.61. The third-order valence-corrected chi connectivity index (χ3v) is 5.23. The quantitative estimate of drug-likeness (QED) is 0.417. The first kappa shape index (κ1) is 18.8. The summed E-state index contributed by atoms with van der Waals surface area (Å²) in [5, 5.41) is 4.91. The molecule has 5 aromatic rings. The number of nitrogens with one attached hydrogen (secondary N) is 1. The number of anilines is 1. The van der Waals surface area contributed by atoms with Crippen LogP contribution in [0, 0.1) is 6.92 Å². The zero-order chi connectivity index (χ0) is 21.4. The van der Waals surface area contributed by atoms with Crippen molar-refractivity contribution in [2.24, 2.45) is 0 Å². The first-order valence-electron chi connectivity index (χ1n) is 9.84. The highest BCUT2D eigenvalue weighted by atomic mass is 16.5. The summed E-state index contributed by atoms with van der Waals surface area (Å²) in [5.74, 6) is 0.754. The Kier molecular flexibility index (Phi) is 4.59. The van der Waals surface area contributed by atoms with Crippen molar-refractivity contribution in [2.75, 3.05) is 12.4 Å². The summed E-state index contributed by atoms with van der Waals surface area (Å²) in [5.41, 5.74) is 3.98. The van der Waals surface area contributed by atoms with E-state index in [9.17, 15) is 4.79 Å². The number of fused-ring (bicyclic) bond motifs is 2. The molecule has 0 saturated carbocycles. The molecule has 0 bridgehead atoms. The second-order valence-electron chi connectivity index (χ2n) is 7.20. The molecule has 0 radical (unpaired) electrons. The highest BCUT2D eigenvalue weighted by Gasteiger charge is 2.17. The lowest BCUT2D eigenvalue weighted by Crippen LogP contribution is -2.14. The van der Waals surface area contributed by atoms with Gasteiger partial charge in [-0.2, -0.15) is 0 Å². The molecule has 31 heavy (non-hydrogen) atoms. The lowest BCUT2D eigenvalue weighted by molar-refractivity contribution is 0.102. The van der Waals surface area contributed by atoms with Crippen molar-refractivity contribution < 1.29 is 13.9 Å². The summed E-state index contributed by atoms with van der Waals surface area (Å²) in [6.45, 7) is 1.94. The fourth-order valence-corrected chi connectivity index (χ4v) is 3.61. The molecule has 3 aromatic carbocycles. The summed E-state index contributed by atoms with van der Waals surface area (Å²) < 4.78 is 11.3. The number of methoxy groups -OCH3 is 1. The van der Waals surface area contributed by atoms with Crippen LogP contribution in [-0.4, -0.2) is 23.0 Å². The van der Waals surface area contributed by atoms with Crippen LogP contribution in [0.15, 0.2) is 77.3 Å². The molecule has 0 saturated heterocycles. The number of amides is 1. The van der Waals surface area contributed by atoms with Gasteiger partial charge in [0, 0.05) is 22.8 Å². The van der Waals surface area contributed by atoms with E-state index in [0.717, 1.165) is 21.9 Å². The molecule has 152 valence electrons. The van der Waals surface area contributed by atoms with Crippen LogP contribution in [0.25, 0.3) is 33.5 Å². The first-order valence-corrected chi connectivity index (χ1v) is 9.84. The second kappa shape index (κ2) is 7.57. The Bertz CT molecular complexity index is 1410. The summed E-state index contributed by atoms with van der Waals surface area (Å²) >= 11 is 0. The zero-order valence-electron chi connectivity index (χ0n) is 17.0. The van der Waals surface area contributed by atoms with Crippen molar-refractivity contribution in [3.63, 3.8) is 0 Å². The molecule has 6 nitrogen and oxygen atoms in total. The van der Waals surface area contributed by atoms with Gasteiger partial charge in [-0.05, 0) is 48.2 Å². The van der Waals surface area contributed by atoms with Gasteiger partial charge in [-0.1, -0.05) is 36.4 Å². The van der Waals surface area contributed by atoms with Gasteiger partial charge >= 0.3 is 0 Å². The van der Waals surface area contributed by atoms with Gasteiger partial charge in [0.1, 0.15) is 11.3 Å². The molecule has 2 aromatic heterocycles. The van der Waals surface area contributed by atoms with Gasteiger partial charge in [-0.25, -0.2) is 9.97 Å². The topological polar surface area (TPSA) is 77.2 Å². The average molecular weight is 409 g/mol. The Balaban J connectivity index is 1.51. The maximum Gasteiger partial charge on any atom is 0.259 e. The van der Waals surface area contributed by atoms with Crippen molar-refractivity contribution >= 4 is 33.6 Å². The summed E-state index contributed by atoms with van der Waals surface area (Å²) in [4.78, 5) is 21.8. The normalized spacial score (nSPS) is 11.0. The lowest BCUT2D eigenvalue weighted by atomic mass is 10.0. The van der Waals surface area contributed by atoms with Crippen LogP contribution in [-0.2, 0) is 0 Å². The summed E-state index contributed by atoms with van der Waals surface area (Å²) in [6.07, 6.45) is 1.66. The minimum atomic E-state index is -0.248. The Morgan fingerprint density at radius 1 is 1.03 bits per heavy atom. The fourth-order valence-electron chi connectivity index (χ4n) is 3.61. The number of aryl methyl sites for hydroxylation is 1. The van der Waals surface area contributed by atoms with Gasteiger partial charge in [0.15, 0.2) is 0 Å². The van der Waals surface area contributed by atoms with E-state index in [1.807, 2.05) is 67.6 Å². The average Bonchev–Trinajstić information content (AvgIpc) is 3.24. The third kappa shape index (κ3) is 3.38. The Labute approximate surface area is 178 Å². The Hall–Kier alpha value is -4.19. The van der Waals surface area contributed by atoms with E-state index in [1.165, 1.54) is 0 Å². The molecule has 1 N–H and O–H groups in total. The van der Waals surface area contributed by atoms with Crippen molar-refractivity contribution in [3.8, 4) is 17.2 Å². The van der Waals surface area contributed by atoms with E-state index in [0.29, 0.717) is 34.1 Å². The molecular weight excluding hydrogens is 390 g/mol. The van der Waals surface area contributed by atoms with Gasteiger partial charge in [-0.15, -0.1) is 0 Å². The molecule has 0 unspecified atom stereocenters. The maximum atomic E-state index is 13.1. The van der Waals surface area contributed by atoms with Crippen LogP contribution >= 0.6 is 0 Å².